The van der Waals surface area contributed by atoms with E-state index >= 15 is 0 Å². The van der Waals surface area contributed by atoms with Crippen LogP contribution in [0.3, 0.4) is 0 Å². The number of ether oxygens (including phenoxy) is 2. The Bertz CT molecular complexity index is 1450. The minimum absolute atomic E-state index is 0.0282. The molecule has 41 heavy (non-hydrogen) atoms. The van der Waals surface area contributed by atoms with Crippen LogP contribution < -0.4 is 5.32 Å². The van der Waals surface area contributed by atoms with Gasteiger partial charge in [-0.1, -0.05) is 20.8 Å². The summed E-state index contributed by atoms with van der Waals surface area (Å²) in [6.07, 6.45) is -2.90. The molecule has 1 amide bonds. The van der Waals surface area contributed by atoms with Crippen LogP contribution >= 0.6 is 26.8 Å². The number of fused-ring (bicyclic) bond motifs is 3. The summed E-state index contributed by atoms with van der Waals surface area (Å²) in [5.74, 6) is -1.02. The highest BCUT2D eigenvalue weighted by molar-refractivity contribution is 7.70. The number of halogens is 1. The van der Waals surface area contributed by atoms with Crippen molar-refractivity contribution in [1.29, 1.82) is 0 Å². The van der Waals surface area contributed by atoms with Gasteiger partial charge in [0.25, 0.3) is 0 Å². The van der Waals surface area contributed by atoms with Crippen LogP contribution in [0.25, 0.3) is 11.2 Å². The molecule has 3 fully saturated rings. The Morgan fingerprint density at radius 2 is 1.93 bits per heavy atom. The zero-order valence-electron chi connectivity index (χ0n) is 22.3. The predicted molar refractivity (Wildman–Crippen MR) is 142 cm³/mol. The van der Waals surface area contributed by atoms with Crippen molar-refractivity contribution in [3.63, 3.8) is 0 Å². The Balaban J connectivity index is 1.31. The first-order valence-electron chi connectivity index (χ1n) is 12.8. The summed E-state index contributed by atoms with van der Waals surface area (Å²) in [5.41, 5.74) is -0.0184. The highest BCUT2D eigenvalue weighted by Gasteiger charge is 2.63. The smallest absolute Gasteiger partial charge is 0.413 e. The molecular formula is C22H32ClN5O11P2. The molecule has 3 aliphatic rings. The van der Waals surface area contributed by atoms with Gasteiger partial charge in [-0.2, -0.15) is 9.97 Å². The molecule has 3 heterocycles. The first-order valence-corrected chi connectivity index (χ1v) is 16.8. The van der Waals surface area contributed by atoms with Crippen molar-refractivity contribution in [2.75, 3.05) is 17.8 Å². The number of anilines is 1. The van der Waals surface area contributed by atoms with E-state index in [2.05, 4.69) is 41.0 Å². The van der Waals surface area contributed by atoms with Gasteiger partial charge in [0.05, 0.1) is 12.9 Å². The standard InChI is InChI=1S/C22H32ClN5O11P2/c1-21(2)10-4-5-22(21,3)12(6-10)39-20(31)26-16-13-17(27-19(23)25-16)28(8-24-13)18-15(30)14(29)11(38-18)7-37-41(35,36)9-40(32,33)34/h8,10-12,14-15,18,29-30H,4-7,9H2,1-3H3,(H,35,36)(H2,32,33,34)(H,25,26,27,31)/t10-,11-,12?,14?,15+,18-,22+/m1/s1. The summed E-state index contributed by atoms with van der Waals surface area (Å²) < 4.78 is 40.4. The molecule has 0 aromatic carbocycles. The number of hydrogen-bond acceptors (Lipinski definition) is 11. The number of hydrogen-bond donors (Lipinski definition) is 6. The molecule has 2 aromatic heterocycles. The van der Waals surface area contributed by atoms with E-state index in [1.54, 1.807) is 0 Å². The van der Waals surface area contributed by atoms with E-state index in [4.69, 9.17) is 35.4 Å². The lowest BCUT2D eigenvalue weighted by atomic mass is 9.70. The van der Waals surface area contributed by atoms with Crippen LogP contribution in [0.4, 0.5) is 10.6 Å². The van der Waals surface area contributed by atoms with Crippen molar-refractivity contribution in [1.82, 2.24) is 19.5 Å². The van der Waals surface area contributed by atoms with Crippen molar-refractivity contribution < 1.29 is 52.8 Å². The number of aromatic nitrogens is 4. The summed E-state index contributed by atoms with van der Waals surface area (Å²) in [4.78, 5) is 52.9. The lowest BCUT2D eigenvalue weighted by Crippen LogP contribution is -2.39. The third-order valence-electron chi connectivity index (χ3n) is 8.99. The Morgan fingerprint density at radius 3 is 2.54 bits per heavy atom. The van der Waals surface area contributed by atoms with Crippen LogP contribution in [0.1, 0.15) is 46.3 Å². The van der Waals surface area contributed by atoms with E-state index in [0.717, 1.165) is 19.3 Å². The molecule has 2 aliphatic carbocycles. The fraction of sp³-hybridized carbons (Fsp3) is 0.727. The monoisotopic (exact) mass is 639 g/mol. The number of aliphatic hydroxyl groups is 2. The van der Waals surface area contributed by atoms with Crippen LogP contribution in [-0.4, -0.2) is 87.4 Å². The quantitative estimate of drug-likeness (QED) is 0.179. The van der Waals surface area contributed by atoms with Gasteiger partial charge in [-0.15, -0.1) is 0 Å². The molecule has 0 spiro atoms. The number of carbonyl (C=O) groups excluding carboxylic acids is 1. The van der Waals surface area contributed by atoms with Gasteiger partial charge in [0.15, 0.2) is 29.1 Å². The van der Waals surface area contributed by atoms with E-state index < -0.39 is 58.3 Å². The molecule has 19 heteroatoms. The maximum Gasteiger partial charge on any atom is 0.413 e. The fourth-order valence-electron chi connectivity index (χ4n) is 6.29. The SMILES string of the molecule is CC1(C)[C@@H]2CC[C@@]1(C)C(OC(=O)Nc1nc(Cl)nc3c1ncn3[C@@H]1O[C@H](COP(=O)(O)CP(=O)(O)O)C(O)[C@@H]1O)C2. The maximum atomic E-state index is 12.9. The maximum absolute atomic E-state index is 12.9. The Hall–Kier alpha value is -1.71. The average molecular weight is 640 g/mol. The number of aliphatic hydroxyl groups excluding tert-OH is 2. The van der Waals surface area contributed by atoms with E-state index in [1.807, 2.05) is 0 Å². The van der Waals surface area contributed by atoms with E-state index in [-0.39, 0.29) is 39.2 Å². The van der Waals surface area contributed by atoms with Gasteiger partial charge in [0.1, 0.15) is 24.4 Å². The minimum Gasteiger partial charge on any atom is -0.445 e. The number of rotatable bonds is 8. The summed E-state index contributed by atoms with van der Waals surface area (Å²) in [6.45, 7) is 5.77. The molecule has 1 saturated heterocycles. The second-order valence-corrected chi connectivity index (χ2v) is 15.9. The first-order chi connectivity index (χ1) is 18.9. The van der Waals surface area contributed by atoms with Crippen LogP contribution in [0.15, 0.2) is 6.33 Å². The van der Waals surface area contributed by atoms with Crippen molar-refractivity contribution >= 4 is 49.9 Å². The highest BCUT2D eigenvalue weighted by atomic mass is 35.5. The molecule has 228 valence electrons. The van der Waals surface area contributed by atoms with E-state index in [9.17, 15) is 29.0 Å². The molecule has 2 bridgehead atoms. The summed E-state index contributed by atoms with van der Waals surface area (Å²) in [6, 6.07) is 0. The van der Waals surface area contributed by atoms with Crippen molar-refractivity contribution in [2.45, 2.75) is 70.7 Å². The molecular weight excluding hydrogens is 608 g/mol. The van der Waals surface area contributed by atoms with Crippen molar-refractivity contribution in [3.05, 3.63) is 11.6 Å². The number of nitrogens with zero attached hydrogens (tertiary/aromatic N) is 4. The van der Waals surface area contributed by atoms with Gasteiger partial charge in [0, 0.05) is 5.41 Å². The molecule has 2 saturated carbocycles. The van der Waals surface area contributed by atoms with Gasteiger partial charge >= 0.3 is 21.3 Å². The van der Waals surface area contributed by atoms with Gasteiger partial charge in [-0.25, -0.2) is 9.78 Å². The molecule has 16 nitrogen and oxygen atoms in total. The molecule has 2 aromatic rings. The van der Waals surface area contributed by atoms with E-state index in [0.29, 0.717) is 5.92 Å². The average Bonchev–Trinajstić information content (AvgIpc) is 3.49. The summed E-state index contributed by atoms with van der Waals surface area (Å²) >= 11 is 6.12. The number of nitrogens with one attached hydrogen (secondary N) is 1. The molecule has 3 unspecified atom stereocenters. The van der Waals surface area contributed by atoms with Crippen molar-refractivity contribution in [3.8, 4) is 0 Å². The highest BCUT2D eigenvalue weighted by Crippen LogP contribution is 2.66. The molecule has 8 atom stereocenters. The first kappa shape index (κ1) is 30.7. The second kappa shape index (κ2) is 10.5. The third kappa shape index (κ3) is 5.67. The van der Waals surface area contributed by atoms with Gasteiger partial charge in [-0.05, 0) is 42.2 Å². The van der Waals surface area contributed by atoms with Crippen LogP contribution in [0.2, 0.25) is 5.28 Å². The van der Waals surface area contributed by atoms with Crippen LogP contribution in [0.5, 0.6) is 0 Å². The van der Waals surface area contributed by atoms with Crippen LogP contribution in [-0.2, 0) is 23.1 Å². The van der Waals surface area contributed by atoms with Gasteiger partial charge < -0.3 is 38.9 Å². The third-order valence-corrected chi connectivity index (χ3v) is 12.6. The van der Waals surface area contributed by atoms with E-state index in [1.165, 1.54) is 10.9 Å². The van der Waals surface area contributed by atoms with Gasteiger partial charge in [-0.3, -0.25) is 19.0 Å². The Morgan fingerprint density at radius 1 is 1.22 bits per heavy atom. The van der Waals surface area contributed by atoms with Crippen LogP contribution in [0, 0.1) is 16.7 Å². The lowest BCUT2D eigenvalue weighted by Gasteiger charge is -2.38. The summed E-state index contributed by atoms with van der Waals surface area (Å²) in [5, 5.41) is 23.4. The second-order valence-electron chi connectivity index (χ2n) is 11.6. The topological polar surface area (TPSA) is 236 Å². The number of imidazole rings is 1. The fourth-order valence-corrected chi connectivity index (χ4v) is 9.02. The largest absolute Gasteiger partial charge is 0.445 e. The minimum atomic E-state index is -4.86. The Kier molecular flexibility index (Phi) is 7.85. The zero-order chi connectivity index (χ0) is 30.1. The molecule has 1 aliphatic heterocycles. The predicted octanol–water partition coefficient (Wildman–Crippen LogP) is 2.20. The lowest BCUT2D eigenvalue weighted by molar-refractivity contribution is -0.0483. The normalized spacial score (nSPS) is 34.2. The van der Waals surface area contributed by atoms with Gasteiger partial charge in [0.2, 0.25) is 5.28 Å². The Labute approximate surface area is 239 Å². The number of carbonyl (C=O) groups is 1. The molecule has 0 radical (unpaired) electrons. The molecule has 6 N–H and O–H groups in total. The number of amides is 1. The zero-order valence-corrected chi connectivity index (χ0v) is 24.9. The molecule has 5 rings (SSSR count). The summed E-state index contributed by atoms with van der Waals surface area (Å²) in [7, 11) is -9.59. The van der Waals surface area contributed by atoms with Crippen molar-refractivity contribution in [2.24, 2.45) is 16.7 Å².